The fourth-order valence-electron chi connectivity index (χ4n) is 3.53. The molecule has 9 nitrogen and oxygen atoms in total. The summed E-state index contributed by atoms with van der Waals surface area (Å²) in [4.78, 5) is 32.1. The SMILES string of the molecule is COc1cc(OC)c(NC(=O)CSC2=NC3NNCC3C(=O)N2c2ccc(Cl)cc2Cl)cc1Cl. The van der Waals surface area contributed by atoms with Crippen LogP contribution in [0.3, 0.4) is 0 Å². The second-order valence-corrected chi connectivity index (χ2v) is 9.47. The molecule has 2 aromatic rings. The summed E-state index contributed by atoms with van der Waals surface area (Å²) in [6.45, 7) is 0.422. The largest absolute Gasteiger partial charge is 0.495 e. The third-order valence-corrected chi connectivity index (χ3v) is 6.95. The van der Waals surface area contributed by atoms with E-state index in [0.717, 1.165) is 11.8 Å². The number of amidine groups is 1. The molecule has 2 atom stereocenters. The molecule has 0 radical (unpaired) electrons. The minimum absolute atomic E-state index is 0.0363. The summed E-state index contributed by atoms with van der Waals surface area (Å²) in [6, 6.07) is 7.97. The fourth-order valence-corrected chi connectivity index (χ4v) is 5.10. The number of nitrogens with one attached hydrogen (secondary N) is 3. The van der Waals surface area contributed by atoms with Gasteiger partial charge >= 0.3 is 0 Å². The van der Waals surface area contributed by atoms with Gasteiger partial charge in [0.1, 0.15) is 17.7 Å². The van der Waals surface area contributed by atoms with Gasteiger partial charge in [-0.1, -0.05) is 46.6 Å². The Hall–Kier alpha value is -2.21. The van der Waals surface area contributed by atoms with Gasteiger partial charge in [-0.15, -0.1) is 0 Å². The number of halogens is 3. The van der Waals surface area contributed by atoms with E-state index >= 15 is 0 Å². The predicted molar refractivity (Wildman–Crippen MR) is 135 cm³/mol. The van der Waals surface area contributed by atoms with Crippen LogP contribution in [0.15, 0.2) is 35.3 Å². The number of ether oxygens (including phenoxy) is 2. The molecule has 0 saturated carbocycles. The van der Waals surface area contributed by atoms with Crippen molar-refractivity contribution in [1.82, 2.24) is 10.9 Å². The molecule has 34 heavy (non-hydrogen) atoms. The van der Waals surface area contributed by atoms with Crippen LogP contribution in [-0.4, -0.2) is 49.7 Å². The second kappa shape index (κ2) is 10.6. The number of hydrogen-bond acceptors (Lipinski definition) is 8. The smallest absolute Gasteiger partial charge is 0.241 e. The van der Waals surface area contributed by atoms with Gasteiger partial charge in [0.15, 0.2) is 5.17 Å². The number of benzene rings is 2. The van der Waals surface area contributed by atoms with Crippen LogP contribution in [0.1, 0.15) is 0 Å². The molecule has 2 unspecified atom stereocenters. The summed E-state index contributed by atoms with van der Waals surface area (Å²) in [7, 11) is 2.96. The minimum atomic E-state index is -0.444. The van der Waals surface area contributed by atoms with Gasteiger partial charge in [0.25, 0.3) is 0 Å². The molecule has 1 fully saturated rings. The van der Waals surface area contributed by atoms with Crippen LogP contribution in [0.5, 0.6) is 11.5 Å². The maximum Gasteiger partial charge on any atom is 0.241 e. The molecule has 0 aliphatic carbocycles. The molecule has 2 amide bonds. The third-order valence-electron chi connectivity index (χ3n) is 5.16. The molecule has 1 saturated heterocycles. The summed E-state index contributed by atoms with van der Waals surface area (Å²) in [5.41, 5.74) is 6.76. The highest BCUT2D eigenvalue weighted by molar-refractivity contribution is 8.14. The van der Waals surface area contributed by atoms with Gasteiger partial charge < -0.3 is 14.8 Å². The molecule has 13 heteroatoms. The van der Waals surface area contributed by atoms with Crippen LogP contribution in [0.4, 0.5) is 11.4 Å². The average Bonchev–Trinajstić information content (AvgIpc) is 3.28. The van der Waals surface area contributed by atoms with Gasteiger partial charge in [-0.05, 0) is 24.3 Å². The maximum atomic E-state index is 13.3. The predicted octanol–water partition coefficient (Wildman–Crippen LogP) is 3.79. The Morgan fingerprint density at radius 1 is 1.18 bits per heavy atom. The number of amides is 2. The molecule has 2 aliphatic rings. The van der Waals surface area contributed by atoms with Crippen LogP contribution in [0.25, 0.3) is 0 Å². The molecular weight excluding hydrogens is 525 g/mol. The Balaban J connectivity index is 1.55. The van der Waals surface area contributed by atoms with Gasteiger partial charge in [0.2, 0.25) is 11.8 Å². The average molecular weight is 545 g/mol. The molecule has 2 aliphatic heterocycles. The maximum absolute atomic E-state index is 13.3. The third kappa shape index (κ3) is 5.07. The molecule has 3 N–H and O–H groups in total. The monoisotopic (exact) mass is 543 g/mol. The summed E-state index contributed by atoms with van der Waals surface area (Å²) >= 11 is 19.7. The number of methoxy groups -OCH3 is 2. The van der Waals surface area contributed by atoms with Crippen molar-refractivity contribution in [3.05, 3.63) is 45.4 Å². The van der Waals surface area contributed by atoms with E-state index in [4.69, 9.17) is 44.3 Å². The number of hydrogen-bond donors (Lipinski definition) is 3. The van der Waals surface area contributed by atoms with E-state index in [2.05, 4.69) is 21.2 Å². The van der Waals surface area contributed by atoms with Crippen molar-refractivity contribution in [1.29, 1.82) is 0 Å². The highest BCUT2D eigenvalue weighted by Crippen LogP contribution is 2.37. The van der Waals surface area contributed by atoms with Crippen LogP contribution < -0.4 is 30.5 Å². The van der Waals surface area contributed by atoms with Crippen molar-refractivity contribution in [2.24, 2.45) is 10.9 Å². The first-order valence-electron chi connectivity index (χ1n) is 10.0. The first-order chi connectivity index (χ1) is 16.3. The van der Waals surface area contributed by atoms with E-state index in [1.165, 1.54) is 19.1 Å². The number of nitrogens with zero attached hydrogens (tertiary/aromatic N) is 2. The van der Waals surface area contributed by atoms with Gasteiger partial charge in [-0.3, -0.25) is 19.9 Å². The minimum Gasteiger partial charge on any atom is -0.495 e. The number of rotatable bonds is 6. The summed E-state index contributed by atoms with van der Waals surface area (Å²) in [6.07, 6.45) is -0.444. The number of aliphatic imine (C=N–C) groups is 1. The Morgan fingerprint density at radius 2 is 1.94 bits per heavy atom. The van der Waals surface area contributed by atoms with E-state index in [9.17, 15) is 9.59 Å². The van der Waals surface area contributed by atoms with Gasteiger partial charge in [0, 0.05) is 17.6 Å². The zero-order valence-electron chi connectivity index (χ0n) is 18.0. The van der Waals surface area contributed by atoms with E-state index in [-0.39, 0.29) is 17.6 Å². The number of hydrazine groups is 1. The summed E-state index contributed by atoms with van der Waals surface area (Å²) < 4.78 is 10.5. The molecule has 4 rings (SSSR count). The first-order valence-corrected chi connectivity index (χ1v) is 12.1. The molecule has 0 bridgehead atoms. The quantitative estimate of drug-likeness (QED) is 0.508. The number of carbonyl (C=O) groups is 2. The van der Waals surface area contributed by atoms with E-state index < -0.39 is 12.1 Å². The topological polar surface area (TPSA) is 104 Å². The van der Waals surface area contributed by atoms with Gasteiger partial charge in [-0.2, -0.15) is 0 Å². The summed E-state index contributed by atoms with van der Waals surface area (Å²) in [5.74, 6) is -0.164. The van der Waals surface area contributed by atoms with E-state index in [0.29, 0.717) is 49.7 Å². The van der Waals surface area contributed by atoms with E-state index in [1.54, 1.807) is 30.3 Å². The van der Waals surface area contributed by atoms with Crippen molar-refractivity contribution in [3.63, 3.8) is 0 Å². The fraction of sp³-hybridized carbons (Fsp3) is 0.286. The van der Waals surface area contributed by atoms with Crippen molar-refractivity contribution >= 4 is 74.9 Å². The van der Waals surface area contributed by atoms with Crippen molar-refractivity contribution in [2.75, 3.05) is 36.7 Å². The Morgan fingerprint density at radius 3 is 2.65 bits per heavy atom. The van der Waals surface area contributed by atoms with Crippen molar-refractivity contribution < 1.29 is 19.1 Å². The molecule has 0 spiro atoms. The number of fused-ring (bicyclic) bond motifs is 1. The van der Waals surface area contributed by atoms with Crippen LogP contribution in [-0.2, 0) is 9.59 Å². The van der Waals surface area contributed by atoms with Crippen LogP contribution >= 0.6 is 46.6 Å². The number of anilines is 2. The highest BCUT2D eigenvalue weighted by Gasteiger charge is 2.42. The zero-order valence-corrected chi connectivity index (χ0v) is 21.1. The van der Waals surface area contributed by atoms with Crippen LogP contribution in [0, 0.1) is 5.92 Å². The Kier molecular flexibility index (Phi) is 7.76. The standard InChI is InChI=1S/C21H20Cl3N5O4S/c1-32-16-7-17(33-2)14(6-13(16)24)26-18(30)9-34-21-27-19-11(8-25-28-19)20(31)29(21)15-4-3-10(22)5-12(15)23/h3-7,11,19,25,28H,8-9H2,1-2H3,(H,26,30). The molecule has 2 aromatic carbocycles. The van der Waals surface area contributed by atoms with Crippen LogP contribution in [0.2, 0.25) is 15.1 Å². The lowest BCUT2D eigenvalue weighted by atomic mass is 10.0. The molecule has 180 valence electrons. The molecular formula is C21H20Cl3N5O4S. The van der Waals surface area contributed by atoms with Crippen molar-refractivity contribution in [3.8, 4) is 11.5 Å². The lowest BCUT2D eigenvalue weighted by Crippen LogP contribution is -2.49. The van der Waals surface area contributed by atoms with E-state index in [1.807, 2.05) is 0 Å². The normalized spacial score (nSPS) is 19.5. The molecule has 0 aromatic heterocycles. The Bertz CT molecular complexity index is 1170. The van der Waals surface area contributed by atoms with Gasteiger partial charge in [0.05, 0.1) is 47.3 Å². The Labute approximate surface area is 215 Å². The lowest BCUT2D eigenvalue weighted by Gasteiger charge is -2.32. The number of carbonyl (C=O) groups excluding carboxylic acids is 2. The van der Waals surface area contributed by atoms with Crippen molar-refractivity contribution in [2.45, 2.75) is 6.17 Å². The molecule has 2 heterocycles. The number of thioether (sulfide) groups is 1. The second-order valence-electron chi connectivity index (χ2n) is 7.28. The zero-order chi connectivity index (χ0) is 24.4. The first kappa shape index (κ1) is 24.9. The van der Waals surface area contributed by atoms with Gasteiger partial charge in [-0.25, -0.2) is 10.4 Å². The summed E-state index contributed by atoms with van der Waals surface area (Å²) in [5, 5.41) is 4.17. The lowest BCUT2D eigenvalue weighted by molar-refractivity contribution is -0.121. The highest BCUT2D eigenvalue weighted by atomic mass is 35.5.